The first kappa shape index (κ1) is 31.8. The average molecular weight is 594 g/mol. The number of rotatable bonds is 9. The summed E-state index contributed by atoms with van der Waals surface area (Å²) in [6.07, 6.45) is 1.54. The summed E-state index contributed by atoms with van der Waals surface area (Å²) in [7, 11) is 0. The molecular formula is C32H31FKN4O4. The van der Waals surface area contributed by atoms with Crippen LogP contribution in [-0.2, 0) is 12.8 Å². The number of aromatic nitrogens is 4. The molecule has 0 fully saturated rings. The molecule has 5 rings (SSSR count). The molecule has 0 aliphatic rings. The zero-order chi connectivity index (χ0) is 29.1. The standard InChI is InChI=1S/C32H31FN4O4.K/c1-5-8-29-27(31(38)37(20(4)34-29)23-13-15-24(16-14-23)40-19(2)3)17-22-12-11-21(18-28(22)33)25-9-6-7-10-26(25)30-35-32(39)41-36-30;/h6-7,9-16,18-19H,5,8,17H2,1-4H3,(H,35,36,39);. The molecule has 0 aliphatic carbocycles. The molecule has 0 bridgehead atoms. The minimum Gasteiger partial charge on any atom is -0.491 e. The molecule has 1 radical (unpaired) electrons. The Labute approximate surface area is 285 Å². The van der Waals surface area contributed by atoms with Crippen molar-refractivity contribution >= 4 is 51.4 Å². The van der Waals surface area contributed by atoms with Crippen molar-refractivity contribution in [2.45, 2.75) is 53.1 Å². The molecule has 2 aromatic heterocycles. The fourth-order valence-corrected chi connectivity index (χ4v) is 4.93. The van der Waals surface area contributed by atoms with Gasteiger partial charge < -0.3 is 4.74 Å². The minimum absolute atomic E-state index is 0. The molecule has 0 spiro atoms. The van der Waals surface area contributed by atoms with E-state index in [4.69, 9.17) is 9.72 Å². The number of H-pyrrole nitrogens is 1. The zero-order valence-electron chi connectivity index (χ0n) is 24.4. The van der Waals surface area contributed by atoms with Crippen LogP contribution < -0.4 is 16.1 Å². The van der Waals surface area contributed by atoms with Crippen LogP contribution in [0.3, 0.4) is 0 Å². The van der Waals surface area contributed by atoms with Gasteiger partial charge in [-0.05, 0) is 74.2 Å². The fraction of sp³-hybridized carbons (Fsp3) is 0.250. The normalized spacial score (nSPS) is 11.0. The maximum Gasteiger partial charge on any atom is 0.439 e. The summed E-state index contributed by atoms with van der Waals surface area (Å²) >= 11 is 0. The van der Waals surface area contributed by atoms with Gasteiger partial charge in [0.05, 0.1) is 17.5 Å². The summed E-state index contributed by atoms with van der Waals surface area (Å²) in [6.45, 7) is 7.73. The summed E-state index contributed by atoms with van der Waals surface area (Å²) in [6, 6.07) is 19.4. The average Bonchev–Trinajstić information content (AvgIpc) is 3.38. The third-order valence-electron chi connectivity index (χ3n) is 6.74. The van der Waals surface area contributed by atoms with Gasteiger partial charge in [-0.2, -0.15) is 0 Å². The second kappa shape index (κ2) is 13.9. The van der Waals surface area contributed by atoms with Crippen LogP contribution in [-0.4, -0.2) is 77.2 Å². The van der Waals surface area contributed by atoms with Crippen molar-refractivity contribution in [1.29, 1.82) is 0 Å². The van der Waals surface area contributed by atoms with Gasteiger partial charge in [0.25, 0.3) is 5.56 Å². The van der Waals surface area contributed by atoms with Gasteiger partial charge in [-0.3, -0.25) is 18.9 Å². The third-order valence-corrected chi connectivity index (χ3v) is 6.74. The number of nitrogens with zero attached hydrogens (tertiary/aromatic N) is 3. The first-order valence-electron chi connectivity index (χ1n) is 13.6. The van der Waals surface area contributed by atoms with Gasteiger partial charge in [-0.1, -0.05) is 54.9 Å². The molecule has 0 amide bonds. The number of aromatic amines is 1. The summed E-state index contributed by atoms with van der Waals surface area (Å²) in [5, 5.41) is 3.77. The van der Waals surface area contributed by atoms with Crippen molar-refractivity contribution in [2.24, 2.45) is 0 Å². The van der Waals surface area contributed by atoms with Crippen molar-refractivity contribution < 1.29 is 13.7 Å². The van der Waals surface area contributed by atoms with Crippen LogP contribution in [0.4, 0.5) is 4.39 Å². The minimum atomic E-state index is -0.670. The topological polar surface area (TPSA) is 103 Å². The summed E-state index contributed by atoms with van der Waals surface area (Å²) in [5.41, 5.74) is 3.85. The van der Waals surface area contributed by atoms with Crippen LogP contribution >= 0.6 is 0 Å². The van der Waals surface area contributed by atoms with Gasteiger partial charge in [0.15, 0.2) is 5.82 Å². The molecule has 0 saturated carbocycles. The number of benzene rings is 3. The van der Waals surface area contributed by atoms with E-state index in [0.717, 1.165) is 6.42 Å². The van der Waals surface area contributed by atoms with Gasteiger partial charge in [0.1, 0.15) is 17.4 Å². The van der Waals surface area contributed by atoms with E-state index in [1.54, 1.807) is 35.8 Å². The van der Waals surface area contributed by atoms with Gasteiger partial charge >= 0.3 is 5.76 Å². The van der Waals surface area contributed by atoms with Gasteiger partial charge in [0, 0.05) is 68.9 Å². The van der Waals surface area contributed by atoms with E-state index in [0.29, 0.717) is 57.2 Å². The van der Waals surface area contributed by atoms with Crippen LogP contribution in [0.2, 0.25) is 0 Å². The number of halogens is 1. The van der Waals surface area contributed by atoms with Crippen LogP contribution in [0.1, 0.15) is 49.8 Å². The van der Waals surface area contributed by atoms with Crippen molar-refractivity contribution in [1.82, 2.24) is 19.7 Å². The monoisotopic (exact) mass is 593 g/mol. The van der Waals surface area contributed by atoms with Crippen LogP contribution in [0.5, 0.6) is 5.75 Å². The van der Waals surface area contributed by atoms with Crippen molar-refractivity contribution in [2.75, 3.05) is 0 Å². The van der Waals surface area contributed by atoms with Gasteiger partial charge in [0.2, 0.25) is 0 Å². The van der Waals surface area contributed by atoms with Crippen molar-refractivity contribution in [3.63, 3.8) is 0 Å². The molecular weight excluding hydrogens is 562 g/mol. The molecule has 2 heterocycles. The Bertz CT molecular complexity index is 1810. The number of hydrogen-bond donors (Lipinski definition) is 1. The van der Waals surface area contributed by atoms with Gasteiger partial charge in [-0.25, -0.2) is 14.2 Å². The molecule has 42 heavy (non-hydrogen) atoms. The Balaban J connectivity index is 0.00000405. The number of hydrogen-bond acceptors (Lipinski definition) is 6. The van der Waals surface area contributed by atoms with E-state index in [9.17, 15) is 9.59 Å². The third kappa shape index (κ3) is 6.90. The fourth-order valence-electron chi connectivity index (χ4n) is 4.93. The summed E-state index contributed by atoms with van der Waals surface area (Å²) in [4.78, 5) is 32.7. The number of nitrogens with one attached hydrogen (secondary N) is 1. The molecule has 211 valence electrons. The SMILES string of the molecule is CCCc1nc(C)n(-c2ccc(OC(C)C)cc2)c(=O)c1Cc1ccc(-c2ccccc2-c2noc(=O)[nH]2)cc1F.[K]. The Morgan fingerprint density at radius 2 is 1.74 bits per heavy atom. The first-order valence-corrected chi connectivity index (χ1v) is 13.6. The second-order valence-electron chi connectivity index (χ2n) is 10.1. The first-order chi connectivity index (χ1) is 19.7. The van der Waals surface area contributed by atoms with Gasteiger partial charge in [-0.15, -0.1) is 0 Å². The Morgan fingerprint density at radius 3 is 2.36 bits per heavy atom. The van der Waals surface area contributed by atoms with Crippen LogP contribution in [0.25, 0.3) is 28.2 Å². The molecule has 0 aliphatic heterocycles. The maximum atomic E-state index is 15.6. The van der Waals surface area contributed by atoms with E-state index in [-0.39, 0.29) is 75.3 Å². The summed E-state index contributed by atoms with van der Waals surface area (Å²) in [5.74, 6) is 0.419. The number of aryl methyl sites for hydroxylation is 2. The molecule has 5 aromatic rings. The quantitative estimate of drug-likeness (QED) is 0.222. The molecule has 0 saturated heterocycles. The molecule has 8 nitrogen and oxygen atoms in total. The van der Waals surface area contributed by atoms with E-state index < -0.39 is 11.6 Å². The summed E-state index contributed by atoms with van der Waals surface area (Å²) < 4.78 is 27.6. The molecule has 0 atom stereocenters. The maximum absolute atomic E-state index is 15.6. The van der Waals surface area contributed by atoms with E-state index in [1.165, 1.54) is 6.07 Å². The zero-order valence-corrected chi connectivity index (χ0v) is 27.5. The molecule has 0 unspecified atom stereocenters. The predicted octanol–water partition coefficient (Wildman–Crippen LogP) is 5.64. The second-order valence-corrected chi connectivity index (χ2v) is 10.1. The Morgan fingerprint density at radius 1 is 1.02 bits per heavy atom. The largest absolute Gasteiger partial charge is 0.491 e. The predicted molar refractivity (Wildman–Crippen MR) is 161 cm³/mol. The smallest absolute Gasteiger partial charge is 0.439 e. The van der Waals surface area contributed by atoms with E-state index in [1.807, 2.05) is 57.2 Å². The van der Waals surface area contributed by atoms with Crippen LogP contribution in [0.15, 0.2) is 80.8 Å². The molecule has 1 N–H and O–H groups in total. The Hall–Kier alpha value is -3.15. The van der Waals surface area contributed by atoms with Crippen molar-refractivity contribution in [3.8, 4) is 34.0 Å². The molecule has 10 heteroatoms. The van der Waals surface area contributed by atoms with E-state index >= 15 is 4.39 Å². The van der Waals surface area contributed by atoms with Crippen molar-refractivity contribution in [3.05, 3.63) is 116 Å². The van der Waals surface area contributed by atoms with E-state index in [2.05, 4.69) is 14.7 Å². The van der Waals surface area contributed by atoms with Crippen LogP contribution in [0, 0.1) is 12.7 Å². The molecule has 3 aromatic carbocycles. The number of ether oxygens (including phenoxy) is 1. The Kier molecular flexibility index (Phi) is 10.5.